The van der Waals surface area contributed by atoms with E-state index in [9.17, 15) is 4.79 Å². The van der Waals surface area contributed by atoms with Crippen LogP contribution >= 0.6 is 11.6 Å². The maximum atomic E-state index is 10.9. The van der Waals surface area contributed by atoms with Crippen LogP contribution in [0, 0.1) is 13.8 Å². The van der Waals surface area contributed by atoms with Gasteiger partial charge in [0.2, 0.25) is 0 Å². The molecule has 0 saturated heterocycles. The second-order valence-corrected chi connectivity index (χ2v) is 2.80. The molecule has 1 rings (SSSR count). The molecule has 1 aromatic rings. The number of carbonyl (C=O) groups excluding carboxylic acids is 1. The highest BCUT2D eigenvalue weighted by atomic mass is 35.5. The number of rotatable bonds is 1. The predicted molar refractivity (Wildman–Crippen MR) is 45.0 cm³/mol. The van der Waals surface area contributed by atoms with Crippen molar-refractivity contribution in [2.24, 2.45) is 5.73 Å². The van der Waals surface area contributed by atoms with Crippen LogP contribution in [0.25, 0.3) is 0 Å². The lowest BCUT2D eigenvalue weighted by molar-refractivity contribution is 0.0999. The average molecular weight is 186 g/mol. The van der Waals surface area contributed by atoms with Gasteiger partial charge >= 0.3 is 0 Å². The van der Waals surface area contributed by atoms with E-state index in [1.165, 1.54) is 0 Å². The Morgan fingerprint density at radius 3 is 2.42 bits per heavy atom. The lowest BCUT2D eigenvalue weighted by Gasteiger charge is -2.03. The van der Waals surface area contributed by atoms with E-state index in [2.05, 4.69) is 10.2 Å². The summed E-state index contributed by atoms with van der Waals surface area (Å²) in [6.45, 7) is 3.47. The fourth-order valence-electron chi connectivity index (χ4n) is 0.866. The number of hydrogen-bond donors (Lipinski definition) is 1. The van der Waals surface area contributed by atoms with E-state index in [1.54, 1.807) is 13.8 Å². The molecule has 0 atom stereocenters. The van der Waals surface area contributed by atoms with Gasteiger partial charge in [0.15, 0.2) is 5.15 Å². The zero-order valence-corrected chi connectivity index (χ0v) is 7.51. The number of aryl methyl sites for hydroxylation is 1. The van der Waals surface area contributed by atoms with E-state index in [4.69, 9.17) is 17.3 Å². The first-order valence-corrected chi connectivity index (χ1v) is 3.71. The van der Waals surface area contributed by atoms with E-state index >= 15 is 0 Å². The molecule has 0 fully saturated rings. The molecule has 0 aliphatic heterocycles. The molecule has 1 aromatic heterocycles. The third-order valence-corrected chi connectivity index (χ3v) is 1.92. The summed E-state index contributed by atoms with van der Waals surface area (Å²) >= 11 is 5.62. The molecule has 0 unspecified atom stereocenters. The van der Waals surface area contributed by atoms with Crippen LogP contribution in [0.1, 0.15) is 21.6 Å². The highest BCUT2D eigenvalue weighted by Crippen LogP contribution is 2.16. The topological polar surface area (TPSA) is 68.9 Å². The summed E-state index contributed by atoms with van der Waals surface area (Å²) in [7, 11) is 0. The summed E-state index contributed by atoms with van der Waals surface area (Å²) < 4.78 is 0. The molecule has 4 nitrogen and oxygen atoms in total. The fraction of sp³-hybridized carbons (Fsp3) is 0.286. The first-order valence-electron chi connectivity index (χ1n) is 3.33. The van der Waals surface area contributed by atoms with Crippen LogP contribution in [0.3, 0.4) is 0 Å². The van der Waals surface area contributed by atoms with Gasteiger partial charge in [-0.05, 0) is 19.4 Å². The monoisotopic (exact) mass is 185 g/mol. The molecule has 0 aliphatic carbocycles. The van der Waals surface area contributed by atoms with Crippen molar-refractivity contribution in [2.45, 2.75) is 13.8 Å². The van der Waals surface area contributed by atoms with Gasteiger partial charge in [0, 0.05) is 0 Å². The Kier molecular flexibility index (Phi) is 2.28. The van der Waals surface area contributed by atoms with Crippen molar-refractivity contribution in [3.05, 3.63) is 22.0 Å². The van der Waals surface area contributed by atoms with Crippen LogP contribution in [0.5, 0.6) is 0 Å². The molecule has 0 radical (unpaired) electrons. The lowest BCUT2D eigenvalue weighted by atomic mass is 10.1. The molecular weight excluding hydrogens is 178 g/mol. The summed E-state index contributed by atoms with van der Waals surface area (Å²) in [6.07, 6.45) is 0. The van der Waals surface area contributed by atoms with Gasteiger partial charge in [-0.25, -0.2) is 0 Å². The average Bonchev–Trinajstić information content (AvgIpc) is 1.97. The van der Waals surface area contributed by atoms with E-state index in [0.717, 1.165) is 0 Å². The highest BCUT2D eigenvalue weighted by molar-refractivity contribution is 6.32. The largest absolute Gasteiger partial charge is 0.365 e. The van der Waals surface area contributed by atoms with Gasteiger partial charge in [-0.1, -0.05) is 11.6 Å². The summed E-state index contributed by atoms with van der Waals surface area (Å²) in [4.78, 5) is 10.9. The van der Waals surface area contributed by atoms with Gasteiger partial charge in [0.1, 0.15) is 0 Å². The van der Waals surface area contributed by atoms with E-state index < -0.39 is 5.91 Å². The Morgan fingerprint density at radius 1 is 1.42 bits per heavy atom. The van der Waals surface area contributed by atoms with Gasteiger partial charge in [0.25, 0.3) is 5.91 Å². The van der Waals surface area contributed by atoms with Crippen LogP contribution in [0.4, 0.5) is 0 Å². The Balaban J connectivity index is 3.43. The SMILES string of the molecule is Cc1nnc(Cl)c(C(N)=O)c1C. The summed E-state index contributed by atoms with van der Waals surface area (Å²) in [5.41, 5.74) is 6.69. The molecule has 1 heterocycles. The predicted octanol–water partition coefficient (Wildman–Crippen LogP) is 0.846. The van der Waals surface area contributed by atoms with Gasteiger partial charge in [0.05, 0.1) is 11.3 Å². The third-order valence-electron chi connectivity index (χ3n) is 1.66. The van der Waals surface area contributed by atoms with Crippen molar-refractivity contribution in [2.75, 3.05) is 0 Å². The molecule has 0 aliphatic rings. The van der Waals surface area contributed by atoms with Crippen molar-refractivity contribution in [1.82, 2.24) is 10.2 Å². The van der Waals surface area contributed by atoms with Crippen LogP contribution in [0.15, 0.2) is 0 Å². The molecule has 64 valence electrons. The molecule has 0 spiro atoms. The van der Waals surface area contributed by atoms with E-state index in [-0.39, 0.29) is 10.7 Å². The second-order valence-electron chi connectivity index (χ2n) is 2.44. The minimum absolute atomic E-state index is 0.0607. The van der Waals surface area contributed by atoms with Crippen molar-refractivity contribution < 1.29 is 4.79 Å². The van der Waals surface area contributed by atoms with Crippen molar-refractivity contribution in [3.8, 4) is 0 Å². The number of amides is 1. The van der Waals surface area contributed by atoms with Crippen LogP contribution in [-0.2, 0) is 0 Å². The van der Waals surface area contributed by atoms with Gasteiger partial charge in [-0.15, -0.1) is 5.10 Å². The molecule has 0 bridgehead atoms. The molecule has 0 aromatic carbocycles. The summed E-state index contributed by atoms with van der Waals surface area (Å²) in [5.74, 6) is -0.574. The number of nitrogens with zero attached hydrogens (tertiary/aromatic N) is 2. The molecular formula is C7H8ClN3O. The van der Waals surface area contributed by atoms with Gasteiger partial charge in [-0.3, -0.25) is 4.79 Å². The normalized spacial score (nSPS) is 9.92. The lowest BCUT2D eigenvalue weighted by Crippen LogP contribution is -2.15. The zero-order chi connectivity index (χ0) is 9.30. The number of halogens is 1. The van der Waals surface area contributed by atoms with Crippen LogP contribution in [0.2, 0.25) is 5.15 Å². The smallest absolute Gasteiger partial charge is 0.252 e. The Morgan fingerprint density at radius 2 is 2.00 bits per heavy atom. The number of carbonyl (C=O) groups is 1. The number of hydrogen-bond acceptors (Lipinski definition) is 3. The highest BCUT2D eigenvalue weighted by Gasteiger charge is 2.13. The molecule has 5 heteroatoms. The Bertz CT molecular complexity index is 338. The van der Waals surface area contributed by atoms with Gasteiger partial charge < -0.3 is 5.73 Å². The first kappa shape index (κ1) is 8.93. The number of aromatic nitrogens is 2. The van der Waals surface area contributed by atoms with Crippen molar-refractivity contribution in [3.63, 3.8) is 0 Å². The molecule has 2 N–H and O–H groups in total. The standard InChI is InChI=1S/C7H8ClN3O/c1-3-4(2)10-11-6(8)5(3)7(9)12/h1-2H3,(H2,9,12). The minimum atomic E-state index is -0.574. The first-order chi connectivity index (χ1) is 5.54. The fourth-order valence-corrected chi connectivity index (χ4v) is 1.14. The summed E-state index contributed by atoms with van der Waals surface area (Å²) in [5, 5.41) is 7.37. The Labute approximate surface area is 74.7 Å². The van der Waals surface area contributed by atoms with Crippen LogP contribution in [-0.4, -0.2) is 16.1 Å². The van der Waals surface area contributed by atoms with Crippen LogP contribution < -0.4 is 5.73 Å². The minimum Gasteiger partial charge on any atom is -0.365 e. The molecule has 0 saturated carbocycles. The van der Waals surface area contributed by atoms with Gasteiger partial charge in [-0.2, -0.15) is 5.10 Å². The molecule has 12 heavy (non-hydrogen) atoms. The summed E-state index contributed by atoms with van der Waals surface area (Å²) in [6, 6.07) is 0. The Hall–Kier alpha value is -1.16. The quantitative estimate of drug-likeness (QED) is 0.705. The van der Waals surface area contributed by atoms with E-state index in [0.29, 0.717) is 11.3 Å². The van der Waals surface area contributed by atoms with E-state index in [1.807, 2.05) is 0 Å². The number of primary amides is 1. The number of nitrogens with two attached hydrogens (primary N) is 1. The van der Waals surface area contributed by atoms with Crippen molar-refractivity contribution in [1.29, 1.82) is 0 Å². The maximum Gasteiger partial charge on any atom is 0.252 e. The van der Waals surface area contributed by atoms with Crippen molar-refractivity contribution >= 4 is 17.5 Å². The third kappa shape index (κ3) is 1.38. The molecule has 1 amide bonds. The zero-order valence-electron chi connectivity index (χ0n) is 6.76. The second kappa shape index (κ2) is 3.06. The maximum absolute atomic E-state index is 10.9.